The van der Waals surface area contributed by atoms with Crippen LogP contribution in [0.3, 0.4) is 0 Å². The maximum Gasteiger partial charge on any atom is 0.101 e. The van der Waals surface area contributed by atoms with E-state index in [0.717, 1.165) is 40.7 Å². The van der Waals surface area contributed by atoms with Crippen molar-refractivity contribution in [2.24, 2.45) is 5.84 Å². The molecule has 0 amide bonds. The summed E-state index contributed by atoms with van der Waals surface area (Å²) in [6.07, 6.45) is 3.22. The summed E-state index contributed by atoms with van der Waals surface area (Å²) >= 11 is 6.43. The van der Waals surface area contributed by atoms with E-state index in [0.29, 0.717) is 6.42 Å². The Balaban J connectivity index is 2.29. The highest BCUT2D eigenvalue weighted by Crippen LogP contribution is 2.27. The zero-order valence-corrected chi connectivity index (χ0v) is 12.9. The third kappa shape index (κ3) is 2.90. The first-order valence-corrected chi connectivity index (χ1v) is 7.23. The largest absolute Gasteiger partial charge is 0.469 e. The zero-order chi connectivity index (χ0) is 14.7. The summed E-state index contributed by atoms with van der Waals surface area (Å²) in [5, 5.41) is 5.27. The van der Waals surface area contributed by atoms with Crippen LogP contribution in [0.5, 0.6) is 0 Å². The number of nitrogens with one attached hydrogen (secondary N) is 1. The normalized spacial score (nSPS) is 12.8. The van der Waals surface area contributed by atoms with Crippen molar-refractivity contribution in [3.8, 4) is 0 Å². The predicted molar refractivity (Wildman–Crippen MR) is 79.5 cm³/mol. The molecular formula is C14H21ClN4O. The molecule has 0 saturated carbocycles. The third-order valence-electron chi connectivity index (χ3n) is 3.45. The van der Waals surface area contributed by atoms with Crippen LogP contribution in [0, 0.1) is 6.92 Å². The Bertz CT molecular complexity index is 576. The lowest BCUT2D eigenvalue weighted by Gasteiger charge is -2.15. The number of halogens is 1. The zero-order valence-electron chi connectivity index (χ0n) is 12.1. The Morgan fingerprint density at radius 3 is 2.75 bits per heavy atom. The van der Waals surface area contributed by atoms with E-state index in [1.54, 1.807) is 6.26 Å². The maximum atomic E-state index is 6.43. The molecule has 0 radical (unpaired) electrons. The summed E-state index contributed by atoms with van der Waals surface area (Å²) < 4.78 is 7.29. The van der Waals surface area contributed by atoms with Gasteiger partial charge in [0.25, 0.3) is 0 Å². The Kier molecular flexibility index (Phi) is 4.86. The standard InChI is InChI=1S/C14H21ClN4O/c1-4-11-14(15)13(19(5-2)18-11)7-12(17-16)10-6-9(3)20-8-10/h6,8,12,17H,4-5,7,16H2,1-3H3. The molecule has 0 aliphatic heterocycles. The minimum absolute atomic E-state index is 0.0448. The summed E-state index contributed by atoms with van der Waals surface area (Å²) in [6, 6.07) is 1.93. The maximum absolute atomic E-state index is 6.43. The number of furan rings is 1. The van der Waals surface area contributed by atoms with Crippen molar-refractivity contribution in [2.45, 2.75) is 46.2 Å². The fourth-order valence-electron chi connectivity index (χ4n) is 2.33. The van der Waals surface area contributed by atoms with Gasteiger partial charge in [-0.1, -0.05) is 18.5 Å². The van der Waals surface area contributed by atoms with E-state index >= 15 is 0 Å². The van der Waals surface area contributed by atoms with E-state index in [4.69, 9.17) is 21.9 Å². The smallest absolute Gasteiger partial charge is 0.101 e. The molecular weight excluding hydrogens is 276 g/mol. The van der Waals surface area contributed by atoms with E-state index in [-0.39, 0.29) is 6.04 Å². The van der Waals surface area contributed by atoms with Crippen LogP contribution in [-0.2, 0) is 19.4 Å². The fraction of sp³-hybridized carbons (Fsp3) is 0.500. The van der Waals surface area contributed by atoms with Crippen molar-refractivity contribution in [1.29, 1.82) is 0 Å². The van der Waals surface area contributed by atoms with Crippen LogP contribution >= 0.6 is 11.6 Å². The van der Waals surface area contributed by atoms with Gasteiger partial charge in [0.1, 0.15) is 5.76 Å². The second kappa shape index (κ2) is 6.43. The van der Waals surface area contributed by atoms with E-state index in [2.05, 4.69) is 24.4 Å². The summed E-state index contributed by atoms with van der Waals surface area (Å²) in [5.41, 5.74) is 5.78. The molecule has 2 rings (SSSR count). The molecule has 0 bridgehead atoms. The molecule has 3 N–H and O–H groups in total. The van der Waals surface area contributed by atoms with E-state index in [1.807, 2.05) is 17.7 Å². The van der Waals surface area contributed by atoms with Gasteiger partial charge in [-0.15, -0.1) is 0 Å². The topological polar surface area (TPSA) is 69.0 Å². The first-order valence-electron chi connectivity index (χ1n) is 6.85. The van der Waals surface area contributed by atoms with Gasteiger partial charge in [-0.2, -0.15) is 5.10 Å². The van der Waals surface area contributed by atoms with Gasteiger partial charge in [-0.3, -0.25) is 16.0 Å². The Morgan fingerprint density at radius 2 is 2.25 bits per heavy atom. The Labute approximate surface area is 124 Å². The van der Waals surface area contributed by atoms with Crippen LogP contribution in [0.1, 0.15) is 42.6 Å². The lowest BCUT2D eigenvalue weighted by Crippen LogP contribution is -2.30. The van der Waals surface area contributed by atoms with Gasteiger partial charge in [-0.05, 0) is 26.3 Å². The second-order valence-corrected chi connectivity index (χ2v) is 5.17. The first kappa shape index (κ1) is 15.1. The van der Waals surface area contributed by atoms with Crippen molar-refractivity contribution in [1.82, 2.24) is 15.2 Å². The summed E-state index contributed by atoms with van der Waals surface area (Å²) in [4.78, 5) is 0. The lowest BCUT2D eigenvalue weighted by molar-refractivity contribution is 0.498. The molecule has 5 nitrogen and oxygen atoms in total. The van der Waals surface area contributed by atoms with Crippen LogP contribution in [-0.4, -0.2) is 9.78 Å². The van der Waals surface area contributed by atoms with Crippen LogP contribution in [0.2, 0.25) is 5.02 Å². The molecule has 0 aromatic carbocycles. The Hall–Kier alpha value is -1.30. The van der Waals surface area contributed by atoms with Gasteiger partial charge >= 0.3 is 0 Å². The van der Waals surface area contributed by atoms with Gasteiger partial charge < -0.3 is 4.42 Å². The van der Waals surface area contributed by atoms with Gasteiger partial charge in [0.15, 0.2) is 0 Å². The van der Waals surface area contributed by atoms with Gasteiger partial charge in [0, 0.05) is 18.5 Å². The highest BCUT2D eigenvalue weighted by Gasteiger charge is 2.20. The van der Waals surface area contributed by atoms with Crippen LogP contribution in [0.4, 0.5) is 0 Å². The van der Waals surface area contributed by atoms with Crippen LogP contribution in [0.15, 0.2) is 16.7 Å². The lowest BCUT2D eigenvalue weighted by atomic mass is 10.0. The third-order valence-corrected chi connectivity index (χ3v) is 3.88. The molecule has 0 aliphatic rings. The Morgan fingerprint density at radius 1 is 1.50 bits per heavy atom. The number of aryl methyl sites for hydroxylation is 3. The number of nitrogens with zero attached hydrogens (tertiary/aromatic N) is 2. The number of hydrogen-bond donors (Lipinski definition) is 2. The SMILES string of the molecule is CCc1nn(CC)c(CC(NN)c2coc(C)c2)c1Cl. The molecule has 0 fully saturated rings. The van der Waals surface area contributed by atoms with Crippen molar-refractivity contribution >= 4 is 11.6 Å². The van der Waals surface area contributed by atoms with Crippen molar-refractivity contribution in [3.63, 3.8) is 0 Å². The van der Waals surface area contributed by atoms with Crippen molar-refractivity contribution in [3.05, 3.63) is 40.1 Å². The van der Waals surface area contributed by atoms with Gasteiger partial charge in [0.2, 0.25) is 0 Å². The minimum Gasteiger partial charge on any atom is -0.469 e. The average Bonchev–Trinajstić information content (AvgIpc) is 3.00. The van der Waals surface area contributed by atoms with E-state index in [9.17, 15) is 0 Å². The highest BCUT2D eigenvalue weighted by atomic mass is 35.5. The summed E-state index contributed by atoms with van der Waals surface area (Å²) in [6.45, 7) is 6.81. The van der Waals surface area contributed by atoms with E-state index in [1.165, 1.54) is 0 Å². The molecule has 1 atom stereocenters. The van der Waals surface area contributed by atoms with E-state index < -0.39 is 0 Å². The molecule has 2 aromatic rings. The minimum atomic E-state index is -0.0448. The van der Waals surface area contributed by atoms with Crippen molar-refractivity contribution < 1.29 is 4.42 Å². The quantitative estimate of drug-likeness (QED) is 0.635. The number of nitrogens with two attached hydrogens (primary N) is 1. The molecule has 20 heavy (non-hydrogen) atoms. The molecule has 1 unspecified atom stereocenters. The number of hydrogen-bond acceptors (Lipinski definition) is 4. The number of aromatic nitrogens is 2. The van der Waals surface area contributed by atoms with Crippen LogP contribution < -0.4 is 11.3 Å². The predicted octanol–water partition coefficient (Wildman–Crippen LogP) is 2.77. The first-order chi connectivity index (χ1) is 9.60. The highest BCUT2D eigenvalue weighted by molar-refractivity contribution is 6.31. The molecule has 2 aromatic heterocycles. The molecule has 0 saturated heterocycles. The number of hydrazine groups is 1. The van der Waals surface area contributed by atoms with Crippen LogP contribution in [0.25, 0.3) is 0 Å². The summed E-state index contributed by atoms with van der Waals surface area (Å²) in [5.74, 6) is 6.54. The van der Waals surface area contributed by atoms with Crippen molar-refractivity contribution in [2.75, 3.05) is 0 Å². The average molecular weight is 297 g/mol. The summed E-state index contributed by atoms with van der Waals surface area (Å²) in [7, 11) is 0. The molecule has 110 valence electrons. The fourth-order valence-corrected chi connectivity index (χ4v) is 2.67. The van der Waals surface area contributed by atoms with Gasteiger partial charge in [0.05, 0.1) is 28.7 Å². The molecule has 0 spiro atoms. The molecule has 6 heteroatoms. The molecule has 0 aliphatic carbocycles. The second-order valence-electron chi connectivity index (χ2n) is 4.79. The van der Waals surface area contributed by atoms with Gasteiger partial charge in [-0.25, -0.2) is 0 Å². The number of rotatable bonds is 6. The monoisotopic (exact) mass is 296 g/mol. The molecule has 2 heterocycles.